The number of hydrogen-bond acceptors (Lipinski definition) is 4. The molecule has 1 amide bonds. The number of nitrogens with one attached hydrogen (secondary N) is 2. The monoisotopic (exact) mass is 486 g/mol. The lowest BCUT2D eigenvalue weighted by molar-refractivity contribution is -0.122. The maximum Gasteiger partial charge on any atom is 0.265 e. The number of carbonyl (C=O) groups excluding carboxylic acids is 1. The zero-order chi connectivity index (χ0) is 24.2. The molecule has 0 radical (unpaired) electrons. The van der Waals surface area contributed by atoms with E-state index in [4.69, 9.17) is 16.3 Å². The first-order valence-electron chi connectivity index (χ1n) is 10.5. The van der Waals surface area contributed by atoms with Crippen LogP contribution in [0.3, 0.4) is 0 Å². The Hall–Kier alpha value is -3.03. The summed E-state index contributed by atoms with van der Waals surface area (Å²) in [7, 11) is -3.80. The fraction of sp³-hybridized carbons (Fsp3) is 0.240. The van der Waals surface area contributed by atoms with Crippen molar-refractivity contribution in [3.8, 4) is 5.75 Å². The fourth-order valence-electron chi connectivity index (χ4n) is 3.14. The van der Waals surface area contributed by atoms with Crippen molar-refractivity contribution >= 4 is 38.9 Å². The van der Waals surface area contributed by atoms with Crippen molar-refractivity contribution in [2.75, 3.05) is 10.0 Å². The van der Waals surface area contributed by atoms with Crippen molar-refractivity contribution in [1.29, 1.82) is 0 Å². The van der Waals surface area contributed by atoms with E-state index in [9.17, 15) is 13.2 Å². The molecule has 33 heavy (non-hydrogen) atoms. The SMILES string of the molecule is CC[C@@H](Oc1cccc(C)c1C)C(=O)Nc1ccc(S(=O)(=O)Nc2ccc(C)c(Cl)c2)cc1. The van der Waals surface area contributed by atoms with Crippen molar-refractivity contribution in [2.24, 2.45) is 0 Å². The summed E-state index contributed by atoms with van der Waals surface area (Å²) >= 11 is 6.08. The quantitative estimate of drug-likeness (QED) is 0.417. The van der Waals surface area contributed by atoms with Gasteiger partial charge in [0.1, 0.15) is 5.75 Å². The third kappa shape index (κ3) is 6.06. The Balaban J connectivity index is 1.69. The Bertz CT molecular complexity index is 1260. The van der Waals surface area contributed by atoms with E-state index in [1.54, 1.807) is 30.3 Å². The van der Waals surface area contributed by atoms with E-state index in [2.05, 4.69) is 10.0 Å². The Morgan fingerprint density at radius 3 is 2.27 bits per heavy atom. The number of sulfonamides is 1. The van der Waals surface area contributed by atoms with Gasteiger partial charge >= 0.3 is 0 Å². The van der Waals surface area contributed by atoms with Crippen LogP contribution in [0.5, 0.6) is 5.75 Å². The van der Waals surface area contributed by atoms with Gasteiger partial charge in [0.05, 0.1) is 10.6 Å². The summed E-state index contributed by atoms with van der Waals surface area (Å²) in [6.45, 7) is 7.64. The largest absolute Gasteiger partial charge is 0.480 e. The smallest absolute Gasteiger partial charge is 0.265 e. The highest BCUT2D eigenvalue weighted by atomic mass is 35.5. The second-order valence-corrected chi connectivity index (χ2v) is 9.89. The molecule has 0 heterocycles. The molecule has 2 N–H and O–H groups in total. The molecule has 8 heteroatoms. The lowest BCUT2D eigenvalue weighted by atomic mass is 10.1. The minimum absolute atomic E-state index is 0.0656. The first kappa shape index (κ1) is 24.6. The Labute approximate surface area is 200 Å². The molecule has 0 unspecified atom stereocenters. The van der Waals surface area contributed by atoms with Crippen LogP contribution in [0.2, 0.25) is 5.02 Å². The van der Waals surface area contributed by atoms with Crippen molar-refractivity contribution in [2.45, 2.75) is 45.1 Å². The number of aryl methyl sites for hydroxylation is 2. The van der Waals surface area contributed by atoms with Crippen molar-refractivity contribution in [3.05, 3.63) is 82.4 Å². The van der Waals surface area contributed by atoms with E-state index in [0.717, 1.165) is 16.7 Å². The van der Waals surface area contributed by atoms with Crippen LogP contribution in [0.4, 0.5) is 11.4 Å². The zero-order valence-electron chi connectivity index (χ0n) is 19.0. The maximum absolute atomic E-state index is 12.7. The van der Waals surface area contributed by atoms with Crippen LogP contribution in [0, 0.1) is 20.8 Å². The van der Waals surface area contributed by atoms with Crippen molar-refractivity contribution < 1.29 is 17.9 Å². The molecular weight excluding hydrogens is 460 g/mol. The van der Waals surface area contributed by atoms with E-state index in [0.29, 0.717) is 28.6 Å². The molecule has 0 fully saturated rings. The molecule has 0 aliphatic rings. The molecule has 0 saturated heterocycles. The molecule has 0 aromatic heterocycles. The van der Waals surface area contributed by atoms with Gasteiger partial charge < -0.3 is 10.1 Å². The van der Waals surface area contributed by atoms with E-state index >= 15 is 0 Å². The highest BCUT2D eigenvalue weighted by molar-refractivity contribution is 7.92. The van der Waals surface area contributed by atoms with Crippen LogP contribution in [0.1, 0.15) is 30.0 Å². The summed E-state index contributed by atoms with van der Waals surface area (Å²) in [6, 6.07) is 16.6. The standard InChI is InChI=1S/C25H27ClN2O4S/c1-5-23(32-24-8-6-7-16(2)18(24)4)25(29)27-19-11-13-21(14-12-19)33(30,31)28-20-10-9-17(3)22(26)15-20/h6-15,23,28H,5H2,1-4H3,(H,27,29)/t23-/m1/s1. The fourth-order valence-corrected chi connectivity index (χ4v) is 4.37. The third-order valence-corrected chi connectivity index (χ3v) is 7.15. The molecule has 174 valence electrons. The van der Waals surface area contributed by atoms with Gasteiger partial charge in [0, 0.05) is 10.7 Å². The van der Waals surface area contributed by atoms with E-state index in [1.807, 2.05) is 45.9 Å². The van der Waals surface area contributed by atoms with Gasteiger partial charge in [-0.15, -0.1) is 0 Å². The third-order valence-electron chi connectivity index (χ3n) is 5.34. The summed E-state index contributed by atoms with van der Waals surface area (Å²) in [6.07, 6.45) is -0.198. The molecule has 0 aliphatic heterocycles. The summed E-state index contributed by atoms with van der Waals surface area (Å²) < 4.78 is 33.8. The lowest BCUT2D eigenvalue weighted by Gasteiger charge is -2.19. The first-order chi connectivity index (χ1) is 15.6. The number of rotatable bonds is 8. The number of carbonyl (C=O) groups is 1. The van der Waals surface area contributed by atoms with E-state index in [-0.39, 0.29) is 10.8 Å². The number of benzene rings is 3. The summed E-state index contributed by atoms with van der Waals surface area (Å²) in [5.41, 5.74) is 3.77. The van der Waals surface area contributed by atoms with E-state index < -0.39 is 16.1 Å². The Morgan fingerprint density at radius 1 is 0.970 bits per heavy atom. The van der Waals surface area contributed by atoms with Gasteiger partial charge in [0.25, 0.3) is 15.9 Å². The average molecular weight is 487 g/mol. The molecule has 6 nitrogen and oxygen atoms in total. The van der Waals surface area contributed by atoms with Crippen LogP contribution >= 0.6 is 11.6 Å². The number of hydrogen-bond donors (Lipinski definition) is 2. The molecular formula is C25H27ClN2O4S. The number of amides is 1. The summed E-state index contributed by atoms with van der Waals surface area (Å²) in [4.78, 5) is 12.8. The Morgan fingerprint density at radius 2 is 1.64 bits per heavy atom. The van der Waals surface area contributed by atoms with Crippen LogP contribution in [-0.2, 0) is 14.8 Å². The second kappa shape index (κ2) is 10.3. The number of halogens is 1. The molecule has 0 saturated carbocycles. The summed E-state index contributed by atoms with van der Waals surface area (Å²) in [5, 5.41) is 3.27. The highest BCUT2D eigenvalue weighted by Crippen LogP contribution is 2.25. The molecule has 0 aliphatic carbocycles. The Kier molecular flexibility index (Phi) is 7.66. The summed E-state index contributed by atoms with van der Waals surface area (Å²) in [5.74, 6) is 0.363. The highest BCUT2D eigenvalue weighted by Gasteiger charge is 2.20. The maximum atomic E-state index is 12.7. The minimum Gasteiger partial charge on any atom is -0.480 e. The predicted octanol–water partition coefficient (Wildman–Crippen LogP) is 5.86. The minimum atomic E-state index is -3.80. The van der Waals surface area contributed by atoms with E-state index in [1.165, 1.54) is 12.1 Å². The molecule has 3 aromatic carbocycles. The molecule has 3 aromatic rings. The van der Waals surface area contributed by atoms with Crippen LogP contribution < -0.4 is 14.8 Å². The van der Waals surface area contributed by atoms with Gasteiger partial charge in [-0.1, -0.05) is 36.7 Å². The average Bonchev–Trinajstić information content (AvgIpc) is 2.77. The topological polar surface area (TPSA) is 84.5 Å². The van der Waals surface area contributed by atoms with Gasteiger partial charge in [0.2, 0.25) is 0 Å². The number of ether oxygens (including phenoxy) is 1. The van der Waals surface area contributed by atoms with Crippen LogP contribution in [0.15, 0.2) is 65.6 Å². The van der Waals surface area contributed by atoms with Crippen molar-refractivity contribution in [3.63, 3.8) is 0 Å². The van der Waals surface area contributed by atoms with Gasteiger partial charge in [-0.2, -0.15) is 0 Å². The second-order valence-electron chi connectivity index (χ2n) is 7.80. The molecule has 1 atom stereocenters. The van der Waals surface area contributed by atoms with Gasteiger partial charge in [0.15, 0.2) is 6.10 Å². The zero-order valence-corrected chi connectivity index (χ0v) is 20.5. The van der Waals surface area contributed by atoms with Gasteiger partial charge in [-0.05, 0) is 86.3 Å². The number of anilines is 2. The van der Waals surface area contributed by atoms with Crippen LogP contribution in [0.25, 0.3) is 0 Å². The van der Waals surface area contributed by atoms with Crippen molar-refractivity contribution in [1.82, 2.24) is 0 Å². The predicted molar refractivity (Wildman–Crippen MR) is 133 cm³/mol. The molecule has 3 rings (SSSR count). The normalized spacial score (nSPS) is 12.2. The van der Waals surface area contributed by atoms with Gasteiger partial charge in [-0.25, -0.2) is 8.42 Å². The first-order valence-corrected chi connectivity index (χ1v) is 12.4. The van der Waals surface area contributed by atoms with Crippen LogP contribution in [-0.4, -0.2) is 20.4 Å². The lowest BCUT2D eigenvalue weighted by Crippen LogP contribution is -2.32. The van der Waals surface area contributed by atoms with Gasteiger partial charge in [-0.3, -0.25) is 9.52 Å². The molecule has 0 spiro atoms. The molecule has 0 bridgehead atoms.